The number of carbonyl (C=O) groups excluding carboxylic acids is 2. The quantitative estimate of drug-likeness (QED) is 0.0890. The number of nitrogens with one attached hydrogen (secondary N) is 3. The Morgan fingerprint density at radius 3 is 2.45 bits per heavy atom. The molecule has 4 aromatic rings. The van der Waals surface area contributed by atoms with Gasteiger partial charge in [0.1, 0.15) is 11.6 Å². The molecule has 2 amide bonds. The van der Waals surface area contributed by atoms with Gasteiger partial charge in [-0.1, -0.05) is 24.6 Å². The minimum atomic E-state index is -4.01. The van der Waals surface area contributed by atoms with Crippen LogP contribution in [0.1, 0.15) is 36.3 Å². The Morgan fingerprint density at radius 1 is 1.07 bits per heavy atom. The maximum atomic E-state index is 13.0. The molecule has 2 aromatic heterocycles. The van der Waals surface area contributed by atoms with Crippen LogP contribution in [0.3, 0.4) is 0 Å². The second kappa shape index (κ2) is 14.1. The van der Waals surface area contributed by atoms with Crippen LogP contribution in [0.15, 0.2) is 95.7 Å². The Kier molecular flexibility index (Phi) is 10.3. The van der Waals surface area contributed by atoms with Crippen molar-refractivity contribution in [3.05, 3.63) is 107 Å². The SMILES string of the molecule is CC/C(=C/Oc1ccc(S(=O)(=O)Nc2ccc(C(=O)Nc3ccc(Cl)c(-c4ccccn4)c3)c(C)n2)cc1)C(C)C(=O)NO. The fraction of sp³-hybridized carbons (Fsp3) is 0.161. The van der Waals surface area contributed by atoms with Gasteiger partial charge in [-0.2, -0.15) is 0 Å². The zero-order valence-electron chi connectivity index (χ0n) is 24.0. The van der Waals surface area contributed by atoms with Gasteiger partial charge in [0.15, 0.2) is 0 Å². The van der Waals surface area contributed by atoms with Crippen LogP contribution in [-0.4, -0.2) is 35.4 Å². The van der Waals surface area contributed by atoms with Crippen molar-refractivity contribution in [3.8, 4) is 17.0 Å². The highest BCUT2D eigenvalue weighted by atomic mass is 35.5. The summed E-state index contributed by atoms with van der Waals surface area (Å²) in [7, 11) is -4.01. The number of aromatic nitrogens is 2. The first-order valence-electron chi connectivity index (χ1n) is 13.4. The van der Waals surface area contributed by atoms with Gasteiger partial charge in [-0.05, 0) is 92.6 Å². The van der Waals surface area contributed by atoms with Crippen molar-refractivity contribution >= 4 is 44.9 Å². The normalized spacial score (nSPS) is 12.2. The van der Waals surface area contributed by atoms with Crippen molar-refractivity contribution in [1.82, 2.24) is 15.4 Å². The third-order valence-corrected chi connectivity index (χ3v) is 8.38. The lowest BCUT2D eigenvalue weighted by Crippen LogP contribution is -2.27. The van der Waals surface area contributed by atoms with Crippen LogP contribution in [0.2, 0.25) is 5.02 Å². The van der Waals surface area contributed by atoms with Crippen molar-refractivity contribution in [3.63, 3.8) is 0 Å². The number of benzene rings is 2. The molecule has 4 rings (SSSR count). The number of rotatable bonds is 11. The van der Waals surface area contributed by atoms with Crippen LogP contribution in [0.25, 0.3) is 11.3 Å². The van der Waals surface area contributed by atoms with Crippen LogP contribution in [0.5, 0.6) is 5.75 Å². The van der Waals surface area contributed by atoms with Crippen LogP contribution in [-0.2, 0) is 14.8 Å². The molecule has 13 heteroatoms. The summed E-state index contributed by atoms with van der Waals surface area (Å²) in [6.45, 7) is 5.06. The Balaban J connectivity index is 1.43. The van der Waals surface area contributed by atoms with E-state index in [1.165, 1.54) is 42.7 Å². The molecule has 11 nitrogen and oxygen atoms in total. The molecule has 0 fully saturated rings. The summed E-state index contributed by atoms with van der Waals surface area (Å²) < 4.78 is 34.0. The highest BCUT2D eigenvalue weighted by Gasteiger charge is 2.19. The van der Waals surface area contributed by atoms with Gasteiger partial charge in [0, 0.05) is 17.4 Å². The number of aryl methyl sites for hydroxylation is 1. The first-order chi connectivity index (χ1) is 21.0. The van der Waals surface area contributed by atoms with Crippen LogP contribution < -0.4 is 20.3 Å². The lowest BCUT2D eigenvalue weighted by atomic mass is 10.00. The number of hydrogen-bond donors (Lipinski definition) is 4. The third-order valence-electron chi connectivity index (χ3n) is 6.68. The van der Waals surface area contributed by atoms with E-state index < -0.39 is 27.8 Å². The fourth-order valence-electron chi connectivity index (χ4n) is 4.17. The predicted molar refractivity (Wildman–Crippen MR) is 167 cm³/mol. The molecule has 228 valence electrons. The standard InChI is InChI=1S/C31H30ClN5O6S/c1-4-21(19(2)30(38)36-40)18-43-23-9-11-24(12-10-23)44(41,42)37-29-15-13-25(20(3)34-29)31(39)35-22-8-14-27(32)26(17-22)28-7-5-6-16-33-28/h5-19,40H,4H2,1-3H3,(H,34,37)(H,35,39)(H,36,38)/b21-18-. The van der Waals surface area contributed by atoms with E-state index in [2.05, 4.69) is 20.0 Å². The van der Waals surface area contributed by atoms with Gasteiger partial charge in [0.2, 0.25) is 5.91 Å². The summed E-state index contributed by atoms with van der Waals surface area (Å²) in [4.78, 5) is 33.3. The maximum absolute atomic E-state index is 13.0. The second-order valence-corrected chi connectivity index (χ2v) is 11.7. The highest BCUT2D eigenvalue weighted by Crippen LogP contribution is 2.29. The van der Waals surface area contributed by atoms with Crippen molar-refractivity contribution in [2.45, 2.75) is 32.1 Å². The number of nitrogens with zero attached hydrogens (tertiary/aromatic N) is 2. The Morgan fingerprint density at radius 2 is 1.82 bits per heavy atom. The van der Waals surface area contributed by atoms with E-state index >= 15 is 0 Å². The first kappa shape index (κ1) is 32.1. The molecular weight excluding hydrogens is 606 g/mol. The van der Waals surface area contributed by atoms with Gasteiger partial charge in [0.05, 0.1) is 39.0 Å². The first-order valence-corrected chi connectivity index (χ1v) is 15.3. The Bertz CT molecular complexity index is 1800. The zero-order chi connectivity index (χ0) is 31.9. The summed E-state index contributed by atoms with van der Waals surface area (Å²) in [6.07, 6.45) is 3.56. The molecule has 4 N–H and O–H groups in total. The lowest BCUT2D eigenvalue weighted by molar-refractivity contribution is -0.131. The molecule has 0 saturated heterocycles. The summed E-state index contributed by atoms with van der Waals surface area (Å²) in [6, 6.07) is 19.1. The number of hydrogen-bond acceptors (Lipinski definition) is 8. The molecule has 0 radical (unpaired) electrons. The summed E-state index contributed by atoms with van der Waals surface area (Å²) in [5, 5.41) is 12.2. The summed E-state index contributed by atoms with van der Waals surface area (Å²) in [5.41, 5.74) is 4.64. The number of ether oxygens (including phenoxy) is 1. The van der Waals surface area contributed by atoms with E-state index in [1.54, 1.807) is 49.8 Å². The second-order valence-electron chi connectivity index (χ2n) is 9.63. The number of sulfonamides is 1. The van der Waals surface area contributed by atoms with Crippen molar-refractivity contribution in [2.24, 2.45) is 5.92 Å². The minimum absolute atomic E-state index is 0.0368. The zero-order valence-corrected chi connectivity index (χ0v) is 25.6. The van der Waals surface area contributed by atoms with Gasteiger partial charge < -0.3 is 10.1 Å². The van der Waals surface area contributed by atoms with Crippen LogP contribution in [0.4, 0.5) is 11.5 Å². The molecule has 0 spiro atoms. The van der Waals surface area contributed by atoms with Gasteiger partial charge in [0.25, 0.3) is 15.9 Å². The molecule has 44 heavy (non-hydrogen) atoms. The van der Waals surface area contributed by atoms with Crippen LogP contribution >= 0.6 is 11.6 Å². The number of hydroxylamine groups is 1. The van der Waals surface area contributed by atoms with E-state index in [0.29, 0.717) is 45.4 Å². The lowest BCUT2D eigenvalue weighted by Gasteiger charge is -2.13. The average Bonchev–Trinajstić information content (AvgIpc) is 3.02. The van der Waals surface area contributed by atoms with Crippen molar-refractivity contribution < 1.29 is 28.0 Å². The molecule has 1 unspecified atom stereocenters. The maximum Gasteiger partial charge on any atom is 0.263 e. The highest BCUT2D eigenvalue weighted by molar-refractivity contribution is 7.92. The predicted octanol–water partition coefficient (Wildman–Crippen LogP) is 5.97. The van der Waals surface area contributed by atoms with Gasteiger partial charge >= 0.3 is 0 Å². The van der Waals surface area contributed by atoms with Crippen molar-refractivity contribution in [1.29, 1.82) is 0 Å². The smallest absolute Gasteiger partial charge is 0.263 e. The fourth-order valence-corrected chi connectivity index (χ4v) is 5.39. The average molecular weight is 636 g/mol. The summed E-state index contributed by atoms with van der Waals surface area (Å²) >= 11 is 6.34. The molecule has 0 saturated carbocycles. The number of carbonyl (C=O) groups is 2. The molecule has 0 bridgehead atoms. The molecule has 2 aromatic carbocycles. The van der Waals surface area contributed by atoms with Crippen LogP contribution in [0, 0.1) is 12.8 Å². The number of halogens is 1. The number of amides is 2. The van der Waals surface area contributed by atoms with E-state index in [1.807, 2.05) is 19.1 Å². The number of pyridine rings is 2. The molecule has 0 aliphatic heterocycles. The molecule has 2 heterocycles. The monoisotopic (exact) mass is 635 g/mol. The van der Waals surface area contributed by atoms with E-state index in [0.717, 1.165) is 0 Å². The van der Waals surface area contributed by atoms with E-state index in [4.69, 9.17) is 21.5 Å². The molecule has 0 aliphatic carbocycles. The summed E-state index contributed by atoms with van der Waals surface area (Å²) in [5.74, 6) is -1.21. The molecule has 1 atom stereocenters. The minimum Gasteiger partial charge on any atom is -0.465 e. The van der Waals surface area contributed by atoms with E-state index in [-0.39, 0.29) is 16.3 Å². The Hall–Kier alpha value is -4.78. The topological polar surface area (TPSA) is 160 Å². The number of anilines is 2. The molecule has 0 aliphatic rings. The van der Waals surface area contributed by atoms with Crippen molar-refractivity contribution in [2.75, 3.05) is 10.0 Å². The largest absolute Gasteiger partial charge is 0.465 e. The van der Waals surface area contributed by atoms with Gasteiger partial charge in [-0.3, -0.25) is 24.5 Å². The van der Waals surface area contributed by atoms with Gasteiger partial charge in [-0.15, -0.1) is 0 Å². The third kappa shape index (κ3) is 7.78. The van der Waals surface area contributed by atoms with E-state index in [9.17, 15) is 18.0 Å². The Labute approximate surface area is 260 Å². The van der Waals surface area contributed by atoms with Gasteiger partial charge in [-0.25, -0.2) is 18.9 Å². The molecular formula is C31H30ClN5O6S.